The Labute approximate surface area is 87.0 Å². The van der Waals surface area contributed by atoms with Crippen LogP contribution in [0.25, 0.3) is 0 Å². The molecular formula is C10H14N2O3. The average molecular weight is 210 g/mol. The first-order valence-corrected chi connectivity index (χ1v) is 5.12. The summed E-state index contributed by atoms with van der Waals surface area (Å²) in [5, 5.41) is 2.83. The number of ether oxygens (including phenoxy) is 1. The van der Waals surface area contributed by atoms with Crippen molar-refractivity contribution < 1.29 is 9.53 Å². The molecule has 0 radical (unpaired) electrons. The maximum absolute atomic E-state index is 11.8. The smallest absolute Gasteiger partial charge is 0.345 e. The second-order valence-electron chi connectivity index (χ2n) is 3.79. The summed E-state index contributed by atoms with van der Waals surface area (Å²) in [6, 6.07) is 0.218. The van der Waals surface area contributed by atoms with Crippen LogP contribution >= 0.6 is 0 Å². The van der Waals surface area contributed by atoms with E-state index >= 15 is 0 Å². The molecule has 15 heavy (non-hydrogen) atoms. The highest BCUT2D eigenvalue weighted by Gasteiger charge is 2.22. The Kier molecular flexibility index (Phi) is 2.62. The molecule has 0 aromatic carbocycles. The van der Waals surface area contributed by atoms with E-state index < -0.39 is 5.97 Å². The van der Waals surface area contributed by atoms with Gasteiger partial charge in [0.15, 0.2) is 0 Å². The second kappa shape index (κ2) is 3.92. The van der Waals surface area contributed by atoms with Crippen molar-refractivity contribution >= 4 is 5.97 Å². The Morgan fingerprint density at radius 2 is 2.20 bits per heavy atom. The molecule has 1 aromatic rings. The largest absolute Gasteiger partial charge is 0.465 e. The minimum Gasteiger partial charge on any atom is -0.465 e. The minimum atomic E-state index is -0.576. The summed E-state index contributed by atoms with van der Waals surface area (Å²) in [7, 11) is 1.27. The number of aromatic amines is 1. The minimum absolute atomic E-state index is 0.0874. The molecule has 2 rings (SSSR count). The van der Waals surface area contributed by atoms with Gasteiger partial charge in [0, 0.05) is 6.20 Å². The number of hydrogen-bond donors (Lipinski definition) is 1. The summed E-state index contributed by atoms with van der Waals surface area (Å²) in [6.07, 6.45) is 5.71. The quantitative estimate of drug-likeness (QED) is 0.743. The van der Waals surface area contributed by atoms with Crippen LogP contribution in [-0.4, -0.2) is 22.9 Å². The van der Waals surface area contributed by atoms with Gasteiger partial charge in [-0.05, 0) is 12.8 Å². The van der Waals surface area contributed by atoms with Crippen molar-refractivity contribution in [1.29, 1.82) is 0 Å². The SMILES string of the molecule is COC(=O)c1c[nH]n(C2CCCC2)c1=O. The van der Waals surface area contributed by atoms with E-state index in [1.54, 1.807) is 4.68 Å². The van der Waals surface area contributed by atoms with E-state index in [1.807, 2.05) is 0 Å². The maximum Gasteiger partial charge on any atom is 0.345 e. The Bertz CT molecular complexity index is 413. The molecule has 0 aliphatic heterocycles. The molecule has 0 spiro atoms. The van der Waals surface area contributed by atoms with Gasteiger partial charge in [0.05, 0.1) is 13.2 Å². The first kappa shape index (κ1) is 10.0. The van der Waals surface area contributed by atoms with Crippen molar-refractivity contribution in [2.24, 2.45) is 0 Å². The Morgan fingerprint density at radius 1 is 1.53 bits per heavy atom. The molecule has 0 unspecified atom stereocenters. The lowest BCUT2D eigenvalue weighted by molar-refractivity contribution is 0.0599. The van der Waals surface area contributed by atoms with Crippen LogP contribution in [-0.2, 0) is 4.74 Å². The number of esters is 1. The van der Waals surface area contributed by atoms with E-state index in [-0.39, 0.29) is 17.2 Å². The lowest BCUT2D eigenvalue weighted by Gasteiger charge is -2.08. The third kappa shape index (κ3) is 1.69. The molecule has 1 aliphatic rings. The summed E-state index contributed by atoms with van der Waals surface area (Å²) < 4.78 is 6.06. The van der Waals surface area contributed by atoms with Gasteiger partial charge in [-0.15, -0.1) is 0 Å². The molecule has 1 aliphatic carbocycles. The first-order valence-electron chi connectivity index (χ1n) is 5.12. The highest BCUT2D eigenvalue weighted by molar-refractivity contribution is 5.88. The summed E-state index contributed by atoms with van der Waals surface area (Å²) in [5.41, 5.74) is -0.182. The lowest BCUT2D eigenvalue weighted by atomic mass is 10.2. The van der Waals surface area contributed by atoms with Gasteiger partial charge in [0.25, 0.3) is 5.56 Å². The summed E-state index contributed by atoms with van der Waals surface area (Å²) in [6.45, 7) is 0. The van der Waals surface area contributed by atoms with Gasteiger partial charge in [-0.25, -0.2) is 9.48 Å². The van der Waals surface area contributed by atoms with Crippen molar-refractivity contribution in [2.45, 2.75) is 31.7 Å². The fourth-order valence-electron chi connectivity index (χ4n) is 2.07. The molecule has 82 valence electrons. The molecule has 0 bridgehead atoms. The first-order chi connectivity index (χ1) is 7.24. The average Bonchev–Trinajstić information content (AvgIpc) is 2.85. The topological polar surface area (TPSA) is 64.1 Å². The van der Waals surface area contributed by atoms with Gasteiger partial charge in [0.1, 0.15) is 5.56 Å². The van der Waals surface area contributed by atoms with Crippen molar-refractivity contribution in [3.05, 3.63) is 22.1 Å². The van der Waals surface area contributed by atoms with Crippen LogP contribution in [0.3, 0.4) is 0 Å². The molecular weight excluding hydrogens is 196 g/mol. The molecule has 1 N–H and O–H groups in total. The lowest BCUT2D eigenvalue weighted by Crippen LogP contribution is -2.24. The van der Waals surface area contributed by atoms with Gasteiger partial charge >= 0.3 is 5.97 Å². The number of nitrogens with zero attached hydrogens (tertiary/aromatic N) is 1. The predicted octanol–water partition coefficient (Wildman–Crippen LogP) is 1.08. The van der Waals surface area contributed by atoms with Crippen LogP contribution in [0.5, 0.6) is 0 Å². The Balaban J connectivity index is 2.31. The zero-order chi connectivity index (χ0) is 10.8. The number of hydrogen-bond acceptors (Lipinski definition) is 3. The van der Waals surface area contributed by atoms with Crippen LogP contribution in [0, 0.1) is 0 Å². The molecule has 1 aromatic heterocycles. The van der Waals surface area contributed by atoms with Gasteiger partial charge in [-0.2, -0.15) is 0 Å². The summed E-state index contributed by atoms with van der Waals surface area (Å²) >= 11 is 0. The number of nitrogens with one attached hydrogen (secondary N) is 1. The highest BCUT2D eigenvalue weighted by atomic mass is 16.5. The predicted molar refractivity (Wildman–Crippen MR) is 53.9 cm³/mol. The van der Waals surface area contributed by atoms with E-state index in [2.05, 4.69) is 9.84 Å². The van der Waals surface area contributed by atoms with Crippen LogP contribution in [0.1, 0.15) is 42.1 Å². The molecule has 0 saturated heterocycles. The van der Waals surface area contributed by atoms with Crippen LogP contribution in [0.4, 0.5) is 0 Å². The van der Waals surface area contributed by atoms with E-state index in [1.165, 1.54) is 13.3 Å². The number of carbonyl (C=O) groups is 1. The van der Waals surface area contributed by atoms with E-state index in [9.17, 15) is 9.59 Å². The third-order valence-electron chi connectivity index (χ3n) is 2.89. The van der Waals surface area contributed by atoms with Gasteiger partial charge in [0.2, 0.25) is 0 Å². The third-order valence-corrected chi connectivity index (χ3v) is 2.89. The molecule has 5 nitrogen and oxygen atoms in total. The number of rotatable bonds is 2. The fraction of sp³-hybridized carbons (Fsp3) is 0.600. The van der Waals surface area contributed by atoms with Crippen LogP contribution in [0.15, 0.2) is 11.0 Å². The van der Waals surface area contributed by atoms with Crippen molar-refractivity contribution in [1.82, 2.24) is 9.78 Å². The monoisotopic (exact) mass is 210 g/mol. The normalized spacial score (nSPS) is 16.9. The van der Waals surface area contributed by atoms with E-state index in [0.29, 0.717) is 0 Å². The fourth-order valence-corrected chi connectivity index (χ4v) is 2.07. The van der Waals surface area contributed by atoms with Crippen molar-refractivity contribution in [3.63, 3.8) is 0 Å². The molecule has 1 fully saturated rings. The molecule has 0 atom stereocenters. The molecule has 1 heterocycles. The van der Waals surface area contributed by atoms with Crippen LogP contribution in [0.2, 0.25) is 0 Å². The van der Waals surface area contributed by atoms with Crippen molar-refractivity contribution in [2.75, 3.05) is 7.11 Å². The number of aromatic nitrogens is 2. The second-order valence-corrected chi connectivity index (χ2v) is 3.79. The van der Waals surface area contributed by atoms with Gasteiger partial charge in [-0.1, -0.05) is 12.8 Å². The maximum atomic E-state index is 11.8. The van der Waals surface area contributed by atoms with Crippen molar-refractivity contribution in [3.8, 4) is 0 Å². The summed E-state index contributed by atoms with van der Waals surface area (Å²) in [4.78, 5) is 23.0. The van der Waals surface area contributed by atoms with E-state index in [0.717, 1.165) is 25.7 Å². The van der Waals surface area contributed by atoms with Crippen LogP contribution < -0.4 is 5.56 Å². The number of carbonyl (C=O) groups excluding carboxylic acids is 1. The molecule has 5 heteroatoms. The Hall–Kier alpha value is -1.52. The number of H-pyrrole nitrogens is 1. The van der Waals surface area contributed by atoms with E-state index in [4.69, 9.17) is 0 Å². The van der Waals surface area contributed by atoms with Gasteiger partial charge in [-0.3, -0.25) is 4.79 Å². The Morgan fingerprint density at radius 3 is 2.80 bits per heavy atom. The standard InChI is InChI=1S/C10H14N2O3/c1-15-10(14)8-6-11-12(9(8)13)7-4-2-3-5-7/h6-7,11H,2-5H2,1H3. The molecule has 1 saturated carbocycles. The molecule has 0 amide bonds. The summed E-state index contributed by atoms with van der Waals surface area (Å²) in [5.74, 6) is -0.576. The van der Waals surface area contributed by atoms with Gasteiger partial charge < -0.3 is 9.84 Å². The zero-order valence-electron chi connectivity index (χ0n) is 8.66. The zero-order valence-corrected chi connectivity index (χ0v) is 8.66. The highest BCUT2D eigenvalue weighted by Crippen LogP contribution is 2.27. The number of methoxy groups -OCH3 is 1.